The predicted octanol–water partition coefficient (Wildman–Crippen LogP) is 10.5. The van der Waals surface area contributed by atoms with Crippen LogP contribution in [0.1, 0.15) is 139 Å². The van der Waals surface area contributed by atoms with Crippen LogP contribution in [-0.4, -0.2) is 42.4 Å². The van der Waals surface area contributed by atoms with E-state index in [-0.39, 0.29) is 23.4 Å². The zero-order valence-corrected chi connectivity index (χ0v) is 34.0. The largest absolute Gasteiger partial charge is 0.482 e. The summed E-state index contributed by atoms with van der Waals surface area (Å²) in [5.41, 5.74) is 7.54. The maximum absolute atomic E-state index is 12.6. The molecule has 8 nitrogen and oxygen atoms in total. The van der Waals surface area contributed by atoms with Gasteiger partial charge in [-0.3, -0.25) is 9.59 Å². The number of methoxy groups -OCH3 is 1. The molecule has 0 radical (unpaired) electrons. The minimum absolute atomic E-state index is 0.120. The fourth-order valence-electron chi connectivity index (χ4n) is 10.1. The lowest BCUT2D eigenvalue weighted by Gasteiger charge is -2.59. The third-order valence-electron chi connectivity index (χ3n) is 13.0. The number of carbonyl (C=O) groups is 2. The molecule has 8 unspecified atom stereocenters. The summed E-state index contributed by atoms with van der Waals surface area (Å²) in [5, 5.41) is 19.1. The molecule has 0 spiro atoms. The van der Waals surface area contributed by atoms with Crippen molar-refractivity contribution in [2.75, 3.05) is 7.11 Å². The van der Waals surface area contributed by atoms with E-state index in [0.717, 1.165) is 38.0 Å². The van der Waals surface area contributed by atoms with E-state index in [4.69, 9.17) is 31.9 Å². The number of rotatable bonds is 13. The predicted molar refractivity (Wildman–Crippen MR) is 209 cm³/mol. The van der Waals surface area contributed by atoms with Crippen molar-refractivity contribution in [2.24, 2.45) is 67.7 Å². The van der Waals surface area contributed by atoms with Crippen molar-refractivity contribution in [3.63, 3.8) is 0 Å². The molecule has 51 heavy (non-hydrogen) atoms. The highest BCUT2D eigenvalue weighted by atomic mass is 35.5. The smallest absolute Gasteiger partial charge is 0.309 e. The Morgan fingerprint density at radius 1 is 1.10 bits per heavy atom. The van der Waals surface area contributed by atoms with E-state index in [0.29, 0.717) is 47.0 Å². The first-order chi connectivity index (χ1) is 24.1. The quantitative estimate of drug-likeness (QED) is 0.0486. The van der Waals surface area contributed by atoms with Crippen molar-refractivity contribution in [3.8, 4) is 0 Å². The van der Waals surface area contributed by atoms with Crippen LogP contribution in [0.5, 0.6) is 0 Å². The fraction of sp³-hybridized carbons (Fsp3) is 0.762. The molecule has 4 aliphatic carbocycles. The Labute approximate surface area is 313 Å². The van der Waals surface area contributed by atoms with E-state index in [2.05, 4.69) is 32.8 Å². The first kappa shape index (κ1) is 42.8. The van der Waals surface area contributed by atoms with Gasteiger partial charge in [0.25, 0.3) is 0 Å². The van der Waals surface area contributed by atoms with Crippen molar-refractivity contribution < 1.29 is 24.2 Å². The molecule has 3 fully saturated rings. The van der Waals surface area contributed by atoms with Gasteiger partial charge in [0.05, 0.1) is 35.5 Å². The molecule has 3 saturated carbocycles. The normalized spacial score (nSPS) is 31.9. The summed E-state index contributed by atoms with van der Waals surface area (Å²) < 4.78 is 11.9. The van der Waals surface area contributed by atoms with E-state index >= 15 is 0 Å². The van der Waals surface area contributed by atoms with Crippen LogP contribution in [-0.2, 0) is 19.1 Å². The Kier molecular flexibility index (Phi) is 15.5. The van der Waals surface area contributed by atoms with E-state index in [9.17, 15) is 14.7 Å². The Bertz CT molecular complexity index is 1370. The fourth-order valence-corrected chi connectivity index (χ4v) is 10.2. The van der Waals surface area contributed by atoms with E-state index in [1.54, 1.807) is 44.4 Å². The van der Waals surface area contributed by atoms with E-state index in [1.807, 2.05) is 26.8 Å². The van der Waals surface area contributed by atoms with Crippen molar-refractivity contribution in [2.45, 2.75) is 145 Å². The second-order valence-corrected chi connectivity index (χ2v) is 17.1. The van der Waals surface area contributed by atoms with Gasteiger partial charge < -0.3 is 20.3 Å². The number of hydrogen-bond acceptors (Lipinski definition) is 7. The topological polar surface area (TPSA) is 124 Å². The Morgan fingerprint density at radius 2 is 1.80 bits per heavy atom. The van der Waals surface area contributed by atoms with Crippen LogP contribution in [0.15, 0.2) is 44.7 Å². The van der Waals surface area contributed by atoms with Crippen LogP contribution in [0.2, 0.25) is 0 Å². The summed E-state index contributed by atoms with van der Waals surface area (Å²) in [6.07, 6.45) is 18.1. The molecule has 0 aromatic rings. The van der Waals surface area contributed by atoms with Crippen LogP contribution in [0.25, 0.3) is 0 Å². The monoisotopic (exact) mass is 729 g/mol. The van der Waals surface area contributed by atoms with Gasteiger partial charge in [0.1, 0.15) is 0 Å². The minimum Gasteiger partial charge on any atom is -0.482 e. The number of carbonyl (C=O) groups excluding carboxylic acids is 1. The Balaban J connectivity index is 0.00000345. The highest BCUT2D eigenvalue weighted by Crippen LogP contribution is 2.66. The van der Waals surface area contributed by atoms with Gasteiger partial charge in [0.15, 0.2) is 0 Å². The molecule has 0 bridgehead atoms. The molecule has 0 saturated heterocycles. The minimum atomic E-state index is -1.13. The maximum Gasteiger partial charge on any atom is 0.309 e. The SMILES string of the molecule is CC.CO/C(=N\N=C\C/C=C\C(Cl)=C/N)C12CCC(C(C)C)=C1C1CCC3C(CCC(C)C3(C)CCC(C)OC(=O)CC(C)(C)C(=O)O)C1CC2. The van der Waals surface area contributed by atoms with Gasteiger partial charge in [-0.2, -0.15) is 5.10 Å². The number of nitrogens with two attached hydrogens (primary N) is 1. The zero-order valence-electron chi connectivity index (χ0n) is 33.3. The van der Waals surface area contributed by atoms with Gasteiger partial charge in [-0.05, 0) is 132 Å². The third kappa shape index (κ3) is 9.50. The van der Waals surface area contributed by atoms with Gasteiger partial charge in [-0.15, -0.1) is 5.10 Å². The zero-order chi connectivity index (χ0) is 38.1. The van der Waals surface area contributed by atoms with Crippen LogP contribution < -0.4 is 5.73 Å². The van der Waals surface area contributed by atoms with Crippen molar-refractivity contribution in [1.82, 2.24) is 0 Å². The van der Waals surface area contributed by atoms with Crippen LogP contribution >= 0.6 is 11.6 Å². The van der Waals surface area contributed by atoms with Crippen LogP contribution in [0, 0.1) is 51.8 Å². The molecule has 0 heterocycles. The Morgan fingerprint density at radius 3 is 2.43 bits per heavy atom. The lowest BCUT2D eigenvalue weighted by Crippen LogP contribution is -2.52. The molecule has 9 heteroatoms. The summed E-state index contributed by atoms with van der Waals surface area (Å²) in [7, 11) is 1.75. The standard InChI is InChI=1S/C40H62ClN3O5.C2H6/c1-25(2)29-17-20-40(36(48-8)44-43-22-10-9-11-28(41)24-42)21-18-30-31-13-12-26(3)39(7,33(31)15-14-32(30)35(29)40)19-16-27(4)49-34(45)23-38(5,6)37(46)47;1-2/h9,11,22,24-27,30-33H,10,12-21,23,42H2,1-8H3,(H,46,47);1-2H3/b11-9-,28-24+,43-22+,44-36-;. The number of halogens is 1. The second kappa shape index (κ2) is 18.4. The number of esters is 1. The van der Waals surface area contributed by atoms with Crippen LogP contribution in [0.4, 0.5) is 0 Å². The van der Waals surface area contributed by atoms with Gasteiger partial charge in [-0.25, -0.2) is 0 Å². The lowest BCUT2D eigenvalue weighted by molar-refractivity contribution is -0.159. The molecule has 0 aromatic carbocycles. The van der Waals surface area contributed by atoms with Gasteiger partial charge in [0.2, 0.25) is 5.90 Å². The summed E-state index contributed by atoms with van der Waals surface area (Å²) in [6.45, 7) is 18.7. The number of allylic oxidation sites excluding steroid dienone is 4. The first-order valence-electron chi connectivity index (χ1n) is 19.7. The molecule has 8 atom stereocenters. The number of ether oxygens (including phenoxy) is 2. The summed E-state index contributed by atoms with van der Waals surface area (Å²) in [6, 6.07) is 0. The number of fused-ring (bicyclic) bond motifs is 5. The molecule has 3 N–H and O–H groups in total. The average molecular weight is 730 g/mol. The molecule has 0 aromatic heterocycles. The van der Waals surface area contributed by atoms with Crippen molar-refractivity contribution >= 4 is 35.7 Å². The molecule has 0 amide bonds. The molecule has 4 aliphatic rings. The highest BCUT2D eigenvalue weighted by Gasteiger charge is 2.59. The Hall–Kier alpha value is -2.61. The van der Waals surface area contributed by atoms with Crippen molar-refractivity contribution in [1.29, 1.82) is 0 Å². The van der Waals surface area contributed by atoms with Crippen molar-refractivity contribution in [3.05, 3.63) is 34.5 Å². The number of hydrogen-bond donors (Lipinski definition) is 2. The molecular formula is C42H68ClN3O5. The molecular weight excluding hydrogens is 662 g/mol. The number of nitrogens with zero attached hydrogens (tertiary/aromatic N) is 2. The number of carboxylic acid groups (broad SMARTS) is 1. The van der Waals surface area contributed by atoms with Crippen LogP contribution in [0.3, 0.4) is 0 Å². The lowest BCUT2D eigenvalue weighted by atomic mass is 9.45. The average Bonchev–Trinajstić information content (AvgIpc) is 3.50. The first-order valence-corrected chi connectivity index (χ1v) is 20.0. The van der Waals surface area contributed by atoms with Gasteiger partial charge in [-0.1, -0.05) is 70.4 Å². The summed E-state index contributed by atoms with van der Waals surface area (Å²) in [5.74, 6) is 2.95. The highest BCUT2D eigenvalue weighted by molar-refractivity contribution is 6.31. The summed E-state index contributed by atoms with van der Waals surface area (Å²) >= 11 is 5.96. The summed E-state index contributed by atoms with van der Waals surface area (Å²) in [4.78, 5) is 24.1. The van der Waals surface area contributed by atoms with E-state index < -0.39 is 17.4 Å². The maximum atomic E-state index is 12.6. The second-order valence-electron chi connectivity index (χ2n) is 16.6. The number of aliphatic carboxylic acids is 1. The molecule has 288 valence electrons. The van der Waals surface area contributed by atoms with Gasteiger partial charge in [0, 0.05) is 18.8 Å². The molecule has 0 aliphatic heterocycles. The number of carboxylic acids is 1. The van der Waals surface area contributed by atoms with E-state index in [1.165, 1.54) is 38.3 Å². The third-order valence-corrected chi connectivity index (χ3v) is 13.3. The molecule has 4 rings (SSSR count). The van der Waals surface area contributed by atoms with Gasteiger partial charge >= 0.3 is 11.9 Å².